The molecule has 0 saturated carbocycles. The summed E-state index contributed by atoms with van der Waals surface area (Å²) in [7, 11) is 0. The first-order valence-corrected chi connectivity index (χ1v) is 18.9. The molecule has 12 nitrogen and oxygen atoms in total. The number of aromatic amines is 1. The van der Waals surface area contributed by atoms with Gasteiger partial charge in [-0.1, -0.05) is 92.7 Å². The van der Waals surface area contributed by atoms with E-state index in [1.807, 2.05) is 91.1 Å². The van der Waals surface area contributed by atoms with Crippen molar-refractivity contribution in [2.45, 2.75) is 83.0 Å². The van der Waals surface area contributed by atoms with Gasteiger partial charge in [0.1, 0.15) is 18.1 Å². The van der Waals surface area contributed by atoms with E-state index in [0.717, 1.165) is 38.9 Å². The standard InChI is InChI=1S/C42H53N7O5/c1-28(2)20-22-44-39(51)35(25-31-26-45-33-18-10-9-17-32(31)33)47-41(53)37(19-11-12-21-43)49-38(50)27-46-34(23-29-13-5-3-6-14-29)40(52)48-36(42(49)54)24-30-15-7-4-8-16-30/h3-10,13-18,26,28,34-37,45-46H,11-12,19-25,27,43H2,1-2H3,(H,44,51)(H,47,53)(H,48,52)/t34-,35+,36+,37+/m1/s1. The van der Waals surface area contributed by atoms with Gasteiger partial charge in [0.2, 0.25) is 23.6 Å². The number of rotatable bonds is 17. The molecule has 1 aliphatic rings. The second-order valence-corrected chi connectivity index (χ2v) is 14.4. The van der Waals surface area contributed by atoms with Gasteiger partial charge in [0.25, 0.3) is 5.91 Å². The van der Waals surface area contributed by atoms with Crippen LogP contribution in [0.5, 0.6) is 0 Å². The Balaban J connectivity index is 1.47. The molecule has 0 spiro atoms. The Hall–Kier alpha value is -5.33. The maximum absolute atomic E-state index is 14.7. The first-order valence-electron chi connectivity index (χ1n) is 18.9. The van der Waals surface area contributed by atoms with Gasteiger partial charge < -0.3 is 26.7 Å². The number of H-pyrrole nitrogens is 1. The van der Waals surface area contributed by atoms with Crippen molar-refractivity contribution in [3.63, 3.8) is 0 Å². The maximum Gasteiger partial charge on any atom is 0.252 e. The van der Waals surface area contributed by atoms with Crippen LogP contribution < -0.4 is 27.0 Å². The summed E-state index contributed by atoms with van der Waals surface area (Å²) in [5.41, 5.74) is 9.23. The molecule has 3 aromatic carbocycles. The van der Waals surface area contributed by atoms with Gasteiger partial charge in [-0.3, -0.25) is 34.2 Å². The lowest BCUT2D eigenvalue weighted by Crippen LogP contribution is -2.60. The Morgan fingerprint density at radius 2 is 1.48 bits per heavy atom. The number of para-hydroxylation sites is 1. The summed E-state index contributed by atoms with van der Waals surface area (Å²) in [4.78, 5) is 75.3. The van der Waals surface area contributed by atoms with Gasteiger partial charge in [-0.05, 0) is 67.3 Å². The van der Waals surface area contributed by atoms with Crippen LogP contribution in [0.25, 0.3) is 10.9 Å². The van der Waals surface area contributed by atoms with Crippen LogP contribution in [0.4, 0.5) is 0 Å². The fraction of sp³-hybridized carbons (Fsp3) is 0.405. The molecule has 12 heteroatoms. The molecule has 0 bridgehead atoms. The number of hydrogen-bond acceptors (Lipinski definition) is 7. The number of nitrogens with one attached hydrogen (secondary N) is 5. The van der Waals surface area contributed by atoms with Crippen LogP contribution in [0.1, 0.15) is 56.2 Å². The first-order chi connectivity index (χ1) is 26.1. The van der Waals surface area contributed by atoms with E-state index >= 15 is 0 Å². The van der Waals surface area contributed by atoms with E-state index in [1.165, 1.54) is 0 Å². The Kier molecular flexibility index (Phi) is 14.5. The minimum atomic E-state index is -1.27. The summed E-state index contributed by atoms with van der Waals surface area (Å²) in [5.74, 6) is -2.41. The lowest BCUT2D eigenvalue weighted by atomic mass is 10.00. The zero-order valence-electron chi connectivity index (χ0n) is 31.2. The summed E-state index contributed by atoms with van der Waals surface area (Å²) >= 11 is 0. The highest BCUT2D eigenvalue weighted by Crippen LogP contribution is 2.21. The fourth-order valence-electron chi connectivity index (χ4n) is 6.81. The Bertz CT molecular complexity index is 1860. The molecule has 0 unspecified atom stereocenters. The average molecular weight is 736 g/mol. The number of nitrogens with zero attached hydrogens (tertiary/aromatic N) is 1. The number of fused-ring (bicyclic) bond motifs is 1. The lowest BCUT2D eigenvalue weighted by molar-refractivity contribution is -0.153. The number of carbonyl (C=O) groups is 5. The van der Waals surface area contributed by atoms with Crippen molar-refractivity contribution in [1.82, 2.24) is 31.2 Å². The molecule has 1 fully saturated rings. The zero-order valence-corrected chi connectivity index (χ0v) is 31.2. The third-order valence-electron chi connectivity index (χ3n) is 9.80. The molecule has 1 aliphatic heterocycles. The molecule has 286 valence electrons. The third-order valence-corrected chi connectivity index (χ3v) is 9.80. The van der Waals surface area contributed by atoms with Crippen LogP contribution in [-0.2, 0) is 43.2 Å². The molecule has 7 N–H and O–H groups in total. The molecule has 2 heterocycles. The van der Waals surface area contributed by atoms with Crippen molar-refractivity contribution >= 4 is 40.4 Å². The Morgan fingerprint density at radius 1 is 0.833 bits per heavy atom. The Morgan fingerprint density at radius 3 is 2.15 bits per heavy atom. The molecule has 0 radical (unpaired) electrons. The van der Waals surface area contributed by atoms with E-state index in [0.29, 0.717) is 31.8 Å². The lowest BCUT2D eigenvalue weighted by Gasteiger charge is -2.33. The second kappa shape index (κ2) is 19.7. The van der Waals surface area contributed by atoms with E-state index in [9.17, 15) is 24.0 Å². The predicted octanol–water partition coefficient (Wildman–Crippen LogP) is 3.15. The molecular weight excluding hydrogens is 683 g/mol. The molecule has 5 rings (SSSR count). The highest BCUT2D eigenvalue weighted by molar-refractivity contribution is 6.05. The molecule has 0 aliphatic carbocycles. The van der Waals surface area contributed by atoms with Gasteiger partial charge in [0, 0.05) is 36.5 Å². The zero-order chi connectivity index (χ0) is 38.5. The molecule has 4 aromatic rings. The monoisotopic (exact) mass is 735 g/mol. The minimum absolute atomic E-state index is 0.103. The van der Waals surface area contributed by atoms with Crippen LogP contribution >= 0.6 is 0 Å². The van der Waals surface area contributed by atoms with Gasteiger partial charge >= 0.3 is 0 Å². The normalized spacial score (nSPS) is 17.7. The van der Waals surface area contributed by atoms with Crippen molar-refractivity contribution in [2.24, 2.45) is 11.7 Å². The average Bonchev–Trinajstić information content (AvgIpc) is 3.59. The summed E-state index contributed by atoms with van der Waals surface area (Å²) in [6, 6.07) is 22.1. The van der Waals surface area contributed by atoms with E-state index < -0.39 is 47.8 Å². The van der Waals surface area contributed by atoms with E-state index in [2.05, 4.69) is 40.1 Å². The van der Waals surface area contributed by atoms with Gasteiger partial charge in [-0.25, -0.2) is 0 Å². The quantitative estimate of drug-likeness (QED) is 0.0713. The van der Waals surface area contributed by atoms with Gasteiger partial charge in [0.05, 0.1) is 12.6 Å². The topological polar surface area (TPSA) is 179 Å². The van der Waals surface area contributed by atoms with Crippen LogP contribution in [-0.4, -0.2) is 83.2 Å². The van der Waals surface area contributed by atoms with E-state index in [1.54, 1.807) is 0 Å². The number of imide groups is 1. The van der Waals surface area contributed by atoms with Crippen molar-refractivity contribution in [3.8, 4) is 0 Å². The summed E-state index contributed by atoms with van der Waals surface area (Å²) in [5, 5.41) is 12.8. The Labute approximate surface area is 317 Å². The fourth-order valence-corrected chi connectivity index (χ4v) is 6.81. The van der Waals surface area contributed by atoms with Crippen LogP contribution in [0, 0.1) is 5.92 Å². The van der Waals surface area contributed by atoms with Crippen molar-refractivity contribution in [3.05, 3.63) is 108 Å². The van der Waals surface area contributed by atoms with Crippen LogP contribution in [0.3, 0.4) is 0 Å². The summed E-state index contributed by atoms with van der Waals surface area (Å²) in [6.45, 7) is 4.55. The van der Waals surface area contributed by atoms with Crippen molar-refractivity contribution in [1.29, 1.82) is 0 Å². The van der Waals surface area contributed by atoms with E-state index in [-0.39, 0.29) is 38.1 Å². The number of hydrogen-bond donors (Lipinski definition) is 6. The third kappa shape index (κ3) is 10.9. The molecule has 1 saturated heterocycles. The summed E-state index contributed by atoms with van der Waals surface area (Å²) in [6.07, 6.45) is 4.26. The molecule has 4 atom stereocenters. The number of nitrogens with two attached hydrogens (primary N) is 1. The number of unbranched alkanes of at least 4 members (excludes halogenated alkanes) is 1. The molecule has 5 amide bonds. The van der Waals surface area contributed by atoms with Gasteiger partial charge in [0.15, 0.2) is 0 Å². The number of benzene rings is 3. The second-order valence-electron chi connectivity index (χ2n) is 14.4. The largest absolute Gasteiger partial charge is 0.361 e. The summed E-state index contributed by atoms with van der Waals surface area (Å²) < 4.78 is 0. The number of amides is 5. The minimum Gasteiger partial charge on any atom is -0.361 e. The SMILES string of the molecule is CC(C)CCNC(=O)[C@H](Cc1c[nH]c2ccccc12)NC(=O)[C@H](CCCCN)N1C(=O)CN[C@H](Cc2ccccc2)C(=O)N[C@@H](Cc2ccccc2)C1=O. The predicted molar refractivity (Wildman–Crippen MR) is 209 cm³/mol. The smallest absolute Gasteiger partial charge is 0.252 e. The van der Waals surface area contributed by atoms with Crippen LogP contribution in [0.2, 0.25) is 0 Å². The molecule has 1 aromatic heterocycles. The maximum atomic E-state index is 14.7. The highest BCUT2D eigenvalue weighted by atomic mass is 16.2. The molecule has 54 heavy (non-hydrogen) atoms. The number of aromatic nitrogens is 1. The highest BCUT2D eigenvalue weighted by Gasteiger charge is 2.41. The van der Waals surface area contributed by atoms with Crippen molar-refractivity contribution < 1.29 is 24.0 Å². The molecular formula is C42H53N7O5. The first kappa shape index (κ1) is 39.9. The van der Waals surface area contributed by atoms with Crippen molar-refractivity contribution in [2.75, 3.05) is 19.6 Å². The van der Waals surface area contributed by atoms with E-state index in [4.69, 9.17) is 5.73 Å². The van der Waals surface area contributed by atoms with Gasteiger partial charge in [-0.15, -0.1) is 0 Å². The van der Waals surface area contributed by atoms with Gasteiger partial charge in [-0.2, -0.15) is 0 Å². The number of carbonyl (C=O) groups excluding carboxylic acids is 5. The van der Waals surface area contributed by atoms with Crippen LogP contribution in [0.15, 0.2) is 91.1 Å².